The van der Waals surface area contributed by atoms with Crippen molar-refractivity contribution < 1.29 is 9.53 Å². The predicted octanol–water partition coefficient (Wildman–Crippen LogP) is 2.99. The normalized spacial score (nSPS) is 13.5. The number of hydrogen-bond acceptors (Lipinski definition) is 4. The molecule has 2 aromatic carbocycles. The van der Waals surface area contributed by atoms with Crippen molar-refractivity contribution in [2.45, 2.75) is 38.4 Å². The van der Waals surface area contributed by atoms with Crippen LogP contribution in [-0.4, -0.2) is 33.7 Å². The first-order valence-electron chi connectivity index (χ1n) is 9.53. The Kier molecular flexibility index (Phi) is 5.10. The monoisotopic (exact) mass is 377 g/mol. The molecule has 1 saturated carbocycles. The van der Waals surface area contributed by atoms with Crippen LogP contribution in [-0.2, 0) is 17.9 Å². The molecule has 1 aliphatic rings. The first kappa shape index (κ1) is 18.2. The lowest BCUT2D eigenvalue weighted by atomic mass is 10.2. The van der Waals surface area contributed by atoms with E-state index in [1.807, 2.05) is 47.4 Å². The third kappa shape index (κ3) is 3.91. The van der Waals surface area contributed by atoms with Gasteiger partial charge >= 0.3 is 0 Å². The van der Waals surface area contributed by atoms with Gasteiger partial charge in [-0.2, -0.15) is 5.10 Å². The van der Waals surface area contributed by atoms with Gasteiger partial charge in [-0.1, -0.05) is 24.3 Å². The molecule has 0 N–H and O–H groups in total. The second-order valence-electron chi connectivity index (χ2n) is 7.10. The summed E-state index contributed by atoms with van der Waals surface area (Å²) in [4.78, 5) is 26.9. The molecule has 1 aliphatic carbocycles. The summed E-state index contributed by atoms with van der Waals surface area (Å²) in [6, 6.07) is 15.5. The van der Waals surface area contributed by atoms with E-state index in [9.17, 15) is 9.59 Å². The number of carbonyl (C=O) groups excluding carboxylic acids is 1. The Hall–Kier alpha value is -3.15. The van der Waals surface area contributed by atoms with Crippen LogP contribution in [0.1, 0.15) is 24.8 Å². The van der Waals surface area contributed by atoms with Gasteiger partial charge in [0.1, 0.15) is 5.75 Å². The molecule has 1 heterocycles. The Morgan fingerprint density at radius 2 is 1.93 bits per heavy atom. The van der Waals surface area contributed by atoms with Gasteiger partial charge in [0.15, 0.2) is 0 Å². The summed E-state index contributed by atoms with van der Waals surface area (Å²) in [7, 11) is 1.64. The molecule has 0 bridgehead atoms. The predicted molar refractivity (Wildman–Crippen MR) is 107 cm³/mol. The second-order valence-corrected chi connectivity index (χ2v) is 7.10. The number of rotatable bonds is 7. The first-order valence-corrected chi connectivity index (χ1v) is 9.53. The standard InChI is InChI=1S/C22H23N3O3/c1-28-18-10-6-16(7-11-18)15-24(17-8-9-17)22(27)12-13-25-20-5-3-2-4-19(20)21(26)14-23-25/h2-7,10-11,14,17H,8-9,12-13,15H2,1H3. The van der Waals surface area contributed by atoms with Crippen LogP contribution in [0.4, 0.5) is 0 Å². The lowest BCUT2D eigenvalue weighted by Gasteiger charge is -2.23. The largest absolute Gasteiger partial charge is 0.497 e. The summed E-state index contributed by atoms with van der Waals surface area (Å²) in [5, 5.41) is 4.85. The zero-order valence-corrected chi connectivity index (χ0v) is 15.9. The van der Waals surface area contributed by atoms with Crippen LogP contribution >= 0.6 is 0 Å². The van der Waals surface area contributed by atoms with E-state index in [1.54, 1.807) is 17.9 Å². The van der Waals surface area contributed by atoms with Gasteiger partial charge < -0.3 is 9.64 Å². The van der Waals surface area contributed by atoms with Gasteiger partial charge in [0.05, 0.1) is 25.4 Å². The van der Waals surface area contributed by atoms with Crippen LogP contribution in [0, 0.1) is 0 Å². The summed E-state index contributed by atoms with van der Waals surface area (Å²) < 4.78 is 6.94. The van der Waals surface area contributed by atoms with Gasteiger partial charge in [-0.15, -0.1) is 0 Å². The van der Waals surface area contributed by atoms with E-state index in [1.165, 1.54) is 6.20 Å². The molecule has 0 atom stereocenters. The van der Waals surface area contributed by atoms with Crippen LogP contribution in [0.5, 0.6) is 5.75 Å². The lowest BCUT2D eigenvalue weighted by molar-refractivity contribution is -0.132. The Morgan fingerprint density at radius 3 is 2.64 bits per heavy atom. The highest BCUT2D eigenvalue weighted by atomic mass is 16.5. The van der Waals surface area contributed by atoms with E-state index in [0.29, 0.717) is 30.9 Å². The average Bonchev–Trinajstić information content (AvgIpc) is 3.57. The smallest absolute Gasteiger partial charge is 0.224 e. The molecule has 1 aromatic heterocycles. The second kappa shape index (κ2) is 7.84. The van der Waals surface area contributed by atoms with Gasteiger partial charge in [0, 0.05) is 24.4 Å². The zero-order chi connectivity index (χ0) is 19.5. The molecule has 6 nitrogen and oxygen atoms in total. The third-order valence-electron chi connectivity index (χ3n) is 5.12. The van der Waals surface area contributed by atoms with Gasteiger partial charge in [-0.3, -0.25) is 14.3 Å². The van der Waals surface area contributed by atoms with E-state index in [4.69, 9.17) is 4.74 Å². The Morgan fingerprint density at radius 1 is 1.18 bits per heavy atom. The van der Waals surface area contributed by atoms with Crippen molar-refractivity contribution in [3.63, 3.8) is 0 Å². The van der Waals surface area contributed by atoms with E-state index >= 15 is 0 Å². The number of para-hydroxylation sites is 1. The molecule has 6 heteroatoms. The van der Waals surface area contributed by atoms with Crippen LogP contribution in [0.25, 0.3) is 10.9 Å². The third-order valence-corrected chi connectivity index (χ3v) is 5.12. The topological polar surface area (TPSA) is 64.4 Å². The van der Waals surface area contributed by atoms with Crippen molar-refractivity contribution in [2.24, 2.45) is 0 Å². The number of methoxy groups -OCH3 is 1. The quantitative estimate of drug-likeness (QED) is 0.635. The summed E-state index contributed by atoms with van der Waals surface area (Å²) in [6.07, 6.45) is 3.79. The molecule has 0 aliphatic heterocycles. The van der Waals surface area contributed by atoms with Crippen molar-refractivity contribution in [3.8, 4) is 5.75 Å². The summed E-state index contributed by atoms with van der Waals surface area (Å²) >= 11 is 0. The number of fused-ring (bicyclic) bond motifs is 1. The number of nitrogens with zero attached hydrogens (tertiary/aromatic N) is 3. The molecule has 0 radical (unpaired) electrons. The molecule has 0 saturated heterocycles. The number of aromatic nitrogens is 2. The number of aryl methyl sites for hydroxylation is 1. The Labute approximate surface area is 163 Å². The van der Waals surface area contributed by atoms with Crippen LogP contribution in [0.15, 0.2) is 59.5 Å². The van der Waals surface area contributed by atoms with Crippen LogP contribution in [0.2, 0.25) is 0 Å². The van der Waals surface area contributed by atoms with Crippen LogP contribution in [0.3, 0.4) is 0 Å². The summed E-state index contributed by atoms with van der Waals surface area (Å²) in [5.74, 6) is 0.923. The van der Waals surface area contributed by atoms with Crippen molar-refractivity contribution in [1.29, 1.82) is 0 Å². The number of carbonyl (C=O) groups is 1. The highest BCUT2D eigenvalue weighted by Gasteiger charge is 2.32. The fourth-order valence-corrected chi connectivity index (χ4v) is 3.42. The van der Waals surface area contributed by atoms with E-state index < -0.39 is 0 Å². The zero-order valence-electron chi connectivity index (χ0n) is 15.9. The molecule has 1 fully saturated rings. The number of benzene rings is 2. The highest BCUT2D eigenvalue weighted by molar-refractivity contribution is 5.79. The van der Waals surface area contributed by atoms with E-state index in [2.05, 4.69) is 5.10 Å². The molecule has 28 heavy (non-hydrogen) atoms. The molecular formula is C22H23N3O3. The molecule has 1 amide bonds. The summed E-state index contributed by atoms with van der Waals surface area (Å²) in [6.45, 7) is 1.05. The van der Waals surface area contributed by atoms with E-state index in [0.717, 1.165) is 29.7 Å². The minimum absolute atomic E-state index is 0.0997. The first-order chi connectivity index (χ1) is 13.7. The Bertz CT molecular complexity index is 1040. The highest BCUT2D eigenvalue weighted by Crippen LogP contribution is 2.29. The van der Waals surface area contributed by atoms with E-state index in [-0.39, 0.29) is 11.3 Å². The van der Waals surface area contributed by atoms with Crippen molar-refractivity contribution in [3.05, 3.63) is 70.5 Å². The van der Waals surface area contributed by atoms with Crippen molar-refractivity contribution in [2.75, 3.05) is 7.11 Å². The maximum absolute atomic E-state index is 12.9. The molecule has 0 spiro atoms. The fourth-order valence-electron chi connectivity index (χ4n) is 3.42. The molecule has 144 valence electrons. The Balaban J connectivity index is 1.47. The number of hydrogen-bond donors (Lipinski definition) is 0. The summed E-state index contributed by atoms with van der Waals surface area (Å²) in [5.41, 5.74) is 1.75. The lowest BCUT2D eigenvalue weighted by Crippen LogP contribution is -2.33. The molecule has 4 rings (SSSR count). The van der Waals surface area contributed by atoms with Gasteiger partial charge in [-0.05, 0) is 42.7 Å². The van der Waals surface area contributed by atoms with Gasteiger partial charge in [0.25, 0.3) is 0 Å². The molecule has 0 unspecified atom stereocenters. The molecular weight excluding hydrogens is 354 g/mol. The number of amides is 1. The van der Waals surface area contributed by atoms with Crippen molar-refractivity contribution in [1.82, 2.24) is 14.7 Å². The number of ether oxygens (including phenoxy) is 1. The molecule has 3 aromatic rings. The van der Waals surface area contributed by atoms with Gasteiger partial charge in [0.2, 0.25) is 11.3 Å². The maximum atomic E-state index is 12.9. The minimum atomic E-state index is -0.0997. The van der Waals surface area contributed by atoms with Crippen LogP contribution < -0.4 is 10.2 Å². The van der Waals surface area contributed by atoms with Crippen molar-refractivity contribution >= 4 is 16.8 Å². The maximum Gasteiger partial charge on any atom is 0.224 e. The average molecular weight is 377 g/mol. The minimum Gasteiger partial charge on any atom is -0.497 e. The van der Waals surface area contributed by atoms with Gasteiger partial charge in [-0.25, -0.2) is 0 Å². The fraction of sp³-hybridized carbons (Fsp3) is 0.318. The SMILES string of the molecule is COc1ccc(CN(C(=O)CCn2ncc(=O)c3ccccc32)C2CC2)cc1.